The second-order valence-electron chi connectivity index (χ2n) is 3.89. The van der Waals surface area contributed by atoms with Gasteiger partial charge in [-0.3, -0.25) is 4.79 Å². The zero-order valence-corrected chi connectivity index (χ0v) is 11.2. The number of methoxy groups -OCH3 is 1. The van der Waals surface area contributed by atoms with Crippen LogP contribution in [-0.2, 0) is 0 Å². The number of hydrogen-bond acceptors (Lipinski definition) is 3. The normalized spacial score (nSPS) is 10.1. The lowest BCUT2D eigenvalue weighted by atomic mass is 10.2. The average Bonchev–Trinajstić information content (AvgIpc) is 2.42. The molecular formula is C15H14O2S. The van der Waals surface area contributed by atoms with Crippen molar-refractivity contribution >= 4 is 16.9 Å². The van der Waals surface area contributed by atoms with Crippen molar-refractivity contribution in [1.82, 2.24) is 0 Å². The molecule has 0 fully saturated rings. The molecular weight excluding hydrogens is 244 g/mol. The van der Waals surface area contributed by atoms with E-state index in [1.165, 1.54) is 11.8 Å². The fourth-order valence-corrected chi connectivity index (χ4v) is 2.37. The summed E-state index contributed by atoms with van der Waals surface area (Å²) in [6, 6.07) is 15.1. The van der Waals surface area contributed by atoms with E-state index in [0.717, 1.165) is 16.2 Å². The lowest BCUT2D eigenvalue weighted by molar-refractivity contribution is 0.108. The van der Waals surface area contributed by atoms with Crippen LogP contribution in [0.3, 0.4) is 0 Å². The van der Waals surface area contributed by atoms with Crippen LogP contribution in [-0.4, -0.2) is 12.2 Å². The Morgan fingerprint density at radius 2 is 1.83 bits per heavy atom. The molecule has 2 aromatic rings. The quantitative estimate of drug-likeness (QED) is 0.780. The van der Waals surface area contributed by atoms with Crippen molar-refractivity contribution in [1.29, 1.82) is 0 Å². The van der Waals surface area contributed by atoms with Crippen LogP contribution in [0.25, 0.3) is 0 Å². The second kappa shape index (κ2) is 5.74. The first-order valence-electron chi connectivity index (χ1n) is 5.62. The second-order valence-corrected chi connectivity index (χ2v) is 4.93. The van der Waals surface area contributed by atoms with Gasteiger partial charge in [-0.25, -0.2) is 0 Å². The molecule has 18 heavy (non-hydrogen) atoms. The molecule has 0 N–H and O–H groups in total. The highest BCUT2D eigenvalue weighted by Crippen LogP contribution is 2.28. The van der Waals surface area contributed by atoms with Gasteiger partial charge in [-0.2, -0.15) is 0 Å². The molecule has 2 rings (SSSR count). The van der Waals surface area contributed by atoms with Crippen molar-refractivity contribution in [3.63, 3.8) is 0 Å². The van der Waals surface area contributed by atoms with E-state index in [-0.39, 0.29) is 5.12 Å². The van der Waals surface area contributed by atoms with E-state index in [1.807, 2.05) is 55.5 Å². The Hall–Kier alpha value is -1.74. The topological polar surface area (TPSA) is 26.3 Å². The maximum atomic E-state index is 12.0. The Morgan fingerprint density at radius 3 is 2.50 bits per heavy atom. The third-order valence-corrected chi connectivity index (χ3v) is 3.51. The lowest BCUT2D eigenvalue weighted by Gasteiger charge is -2.06. The number of ether oxygens (including phenoxy) is 1. The average molecular weight is 258 g/mol. The first kappa shape index (κ1) is 12.7. The van der Waals surface area contributed by atoms with Crippen molar-refractivity contribution in [2.45, 2.75) is 11.8 Å². The molecule has 0 radical (unpaired) electrons. The summed E-state index contributed by atoms with van der Waals surface area (Å²) < 4.78 is 5.25. The zero-order valence-electron chi connectivity index (χ0n) is 10.3. The van der Waals surface area contributed by atoms with Gasteiger partial charge in [0, 0.05) is 10.5 Å². The number of aryl methyl sites for hydroxylation is 1. The van der Waals surface area contributed by atoms with Crippen molar-refractivity contribution in [3.8, 4) is 5.75 Å². The fourth-order valence-electron chi connectivity index (χ4n) is 1.60. The molecule has 0 saturated heterocycles. The minimum Gasteiger partial charge on any atom is -0.496 e. The van der Waals surface area contributed by atoms with E-state index in [0.29, 0.717) is 5.56 Å². The molecule has 0 aliphatic carbocycles. The first-order valence-corrected chi connectivity index (χ1v) is 6.44. The molecule has 2 aromatic carbocycles. The molecule has 0 aliphatic rings. The third kappa shape index (κ3) is 2.93. The SMILES string of the molecule is COc1cc(SC(=O)c2ccccc2)ccc1C. The Bertz CT molecular complexity index is 550. The van der Waals surface area contributed by atoms with Gasteiger partial charge in [0.25, 0.3) is 0 Å². The van der Waals surface area contributed by atoms with Gasteiger partial charge in [0.05, 0.1) is 7.11 Å². The van der Waals surface area contributed by atoms with Crippen molar-refractivity contribution in [3.05, 3.63) is 59.7 Å². The highest BCUT2D eigenvalue weighted by molar-refractivity contribution is 8.14. The van der Waals surface area contributed by atoms with Gasteiger partial charge < -0.3 is 4.74 Å². The molecule has 0 amide bonds. The molecule has 0 spiro atoms. The summed E-state index contributed by atoms with van der Waals surface area (Å²) in [7, 11) is 1.63. The van der Waals surface area contributed by atoms with Gasteiger partial charge >= 0.3 is 0 Å². The Labute approximate surface area is 111 Å². The zero-order chi connectivity index (χ0) is 13.0. The van der Waals surface area contributed by atoms with Crippen LogP contribution < -0.4 is 4.74 Å². The van der Waals surface area contributed by atoms with E-state index in [9.17, 15) is 4.79 Å². The smallest absolute Gasteiger partial charge is 0.224 e. The maximum absolute atomic E-state index is 12.0. The van der Waals surface area contributed by atoms with Crippen molar-refractivity contribution in [2.75, 3.05) is 7.11 Å². The maximum Gasteiger partial charge on any atom is 0.224 e. The minimum atomic E-state index is 0.0431. The van der Waals surface area contributed by atoms with Crippen LogP contribution in [0.4, 0.5) is 0 Å². The molecule has 0 bridgehead atoms. The van der Waals surface area contributed by atoms with Crippen LogP contribution in [0.5, 0.6) is 5.75 Å². The highest BCUT2D eigenvalue weighted by Gasteiger charge is 2.09. The summed E-state index contributed by atoms with van der Waals surface area (Å²) in [5.41, 5.74) is 1.77. The summed E-state index contributed by atoms with van der Waals surface area (Å²) >= 11 is 1.22. The Balaban J connectivity index is 2.17. The molecule has 3 heteroatoms. The van der Waals surface area contributed by atoms with E-state index in [4.69, 9.17) is 4.74 Å². The number of hydrogen-bond donors (Lipinski definition) is 0. The molecule has 0 aliphatic heterocycles. The summed E-state index contributed by atoms with van der Waals surface area (Å²) in [6.07, 6.45) is 0. The van der Waals surface area contributed by atoms with Gasteiger partial charge in [-0.1, -0.05) is 36.4 Å². The van der Waals surface area contributed by atoms with Gasteiger partial charge in [0.15, 0.2) is 0 Å². The largest absolute Gasteiger partial charge is 0.496 e. The fraction of sp³-hybridized carbons (Fsp3) is 0.133. The molecule has 0 saturated carbocycles. The molecule has 2 nitrogen and oxygen atoms in total. The van der Waals surface area contributed by atoms with Gasteiger partial charge in [0.1, 0.15) is 5.75 Å². The monoisotopic (exact) mass is 258 g/mol. The third-order valence-electron chi connectivity index (χ3n) is 2.60. The minimum absolute atomic E-state index is 0.0431. The number of benzene rings is 2. The van der Waals surface area contributed by atoms with Crippen molar-refractivity contribution < 1.29 is 9.53 Å². The highest BCUT2D eigenvalue weighted by atomic mass is 32.2. The van der Waals surface area contributed by atoms with Gasteiger partial charge in [-0.15, -0.1) is 0 Å². The van der Waals surface area contributed by atoms with Crippen molar-refractivity contribution in [2.24, 2.45) is 0 Å². The number of thioether (sulfide) groups is 1. The predicted molar refractivity (Wildman–Crippen MR) is 74.4 cm³/mol. The van der Waals surface area contributed by atoms with E-state index >= 15 is 0 Å². The summed E-state index contributed by atoms with van der Waals surface area (Å²) in [6.45, 7) is 1.98. The van der Waals surface area contributed by atoms with E-state index < -0.39 is 0 Å². The number of carbonyl (C=O) groups is 1. The Kier molecular flexibility index (Phi) is 4.05. The molecule has 0 heterocycles. The van der Waals surface area contributed by atoms with Gasteiger partial charge in [0.2, 0.25) is 5.12 Å². The molecule has 0 atom stereocenters. The van der Waals surface area contributed by atoms with Gasteiger partial charge in [-0.05, 0) is 36.4 Å². The lowest BCUT2D eigenvalue weighted by Crippen LogP contribution is -1.93. The van der Waals surface area contributed by atoms with Crippen LogP contribution in [0.2, 0.25) is 0 Å². The number of rotatable bonds is 3. The van der Waals surface area contributed by atoms with Crippen LogP contribution >= 0.6 is 11.8 Å². The molecule has 92 valence electrons. The summed E-state index contributed by atoms with van der Waals surface area (Å²) in [5, 5.41) is 0.0431. The summed E-state index contributed by atoms with van der Waals surface area (Å²) in [5.74, 6) is 0.806. The first-order chi connectivity index (χ1) is 8.70. The van der Waals surface area contributed by atoms with Crippen LogP contribution in [0.15, 0.2) is 53.4 Å². The number of carbonyl (C=O) groups excluding carboxylic acids is 1. The molecule has 0 aromatic heterocycles. The van der Waals surface area contributed by atoms with E-state index in [1.54, 1.807) is 7.11 Å². The Morgan fingerprint density at radius 1 is 1.11 bits per heavy atom. The summed E-state index contributed by atoms with van der Waals surface area (Å²) in [4.78, 5) is 12.9. The van der Waals surface area contributed by atoms with Crippen LogP contribution in [0.1, 0.15) is 15.9 Å². The van der Waals surface area contributed by atoms with Crippen LogP contribution in [0, 0.1) is 6.92 Å². The molecule has 0 unspecified atom stereocenters. The predicted octanol–water partition coefficient (Wildman–Crippen LogP) is 3.94. The standard InChI is InChI=1S/C15H14O2S/c1-11-8-9-13(10-14(11)17-2)18-15(16)12-6-4-3-5-7-12/h3-10H,1-2H3. The van der Waals surface area contributed by atoms with E-state index in [2.05, 4.69) is 0 Å².